The minimum atomic E-state index is 0.275. The monoisotopic (exact) mass is 326 g/mol. The predicted molar refractivity (Wildman–Crippen MR) is 96.2 cm³/mol. The highest BCUT2D eigenvalue weighted by atomic mass is 16.5. The summed E-state index contributed by atoms with van der Waals surface area (Å²) < 4.78 is 11.4. The molecule has 4 nitrogen and oxygen atoms in total. The third-order valence-electron chi connectivity index (χ3n) is 4.62. The number of likely N-dealkylation sites (tertiary alicyclic amines) is 1. The van der Waals surface area contributed by atoms with E-state index in [9.17, 15) is 0 Å². The molecule has 0 aromatic heterocycles. The molecule has 2 aromatic rings. The molecule has 2 aromatic carbocycles. The van der Waals surface area contributed by atoms with Crippen molar-refractivity contribution in [2.45, 2.75) is 26.1 Å². The van der Waals surface area contributed by atoms with Gasteiger partial charge in [0.05, 0.1) is 7.11 Å². The maximum atomic E-state index is 6.12. The summed E-state index contributed by atoms with van der Waals surface area (Å²) in [4.78, 5) is 2.40. The van der Waals surface area contributed by atoms with Crippen LogP contribution in [-0.4, -0.2) is 31.1 Å². The highest BCUT2D eigenvalue weighted by Gasteiger charge is 2.26. The van der Waals surface area contributed by atoms with Gasteiger partial charge in [-0.1, -0.05) is 43.3 Å². The molecule has 0 spiro atoms. The van der Waals surface area contributed by atoms with Gasteiger partial charge in [-0.15, -0.1) is 0 Å². The summed E-state index contributed by atoms with van der Waals surface area (Å²) in [5.74, 6) is 2.11. The van der Waals surface area contributed by atoms with E-state index in [-0.39, 0.29) is 6.04 Å². The van der Waals surface area contributed by atoms with Crippen molar-refractivity contribution in [3.63, 3.8) is 0 Å². The topological polar surface area (TPSA) is 47.7 Å². The van der Waals surface area contributed by atoms with Gasteiger partial charge < -0.3 is 15.2 Å². The maximum absolute atomic E-state index is 6.12. The van der Waals surface area contributed by atoms with E-state index >= 15 is 0 Å². The normalized spacial score (nSPS) is 21.0. The van der Waals surface area contributed by atoms with E-state index in [4.69, 9.17) is 15.2 Å². The molecule has 4 heteroatoms. The Labute approximate surface area is 144 Å². The Morgan fingerprint density at radius 3 is 2.50 bits per heavy atom. The maximum Gasteiger partial charge on any atom is 0.161 e. The van der Waals surface area contributed by atoms with Crippen LogP contribution in [0.15, 0.2) is 48.5 Å². The van der Waals surface area contributed by atoms with Crippen molar-refractivity contribution in [1.29, 1.82) is 0 Å². The fourth-order valence-electron chi connectivity index (χ4n) is 3.15. The lowest BCUT2D eigenvalue weighted by Crippen LogP contribution is -2.28. The van der Waals surface area contributed by atoms with Crippen LogP contribution in [0.25, 0.3) is 0 Å². The van der Waals surface area contributed by atoms with Gasteiger partial charge in [-0.2, -0.15) is 0 Å². The van der Waals surface area contributed by atoms with E-state index < -0.39 is 0 Å². The Bertz CT molecular complexity index is 650. The lowest BCUT2D eigenvalue weighted by Gasteiger charge is -2.17. The van der Waals surface area contributed by atoms with Crippen LogP contribution in [0.2, 0.25) is 0 Å². The van der Waals surface area contributed by atoms with Gasteiger partial charge in [-0.05, 0) is 29.2 Å². The highest BCUT2D eigenvalue weighted by molar-refractivity contribution is 5.43. The van der Waals surface area contributed by atoms with Crippen molar-refractivity contribution in [2.24, 2.45) is 11.7 Å². The standard InChI is InChI=1S/C20H26N2O2/c1-15-11-22(13-18(15)21)12-17-8-9-19(23-2)20(10-17)24-14-16-6-4-3-5-7-16/h3-10,15,18H,11-14,21H2,1-2H3. The van der Waals surface area contributed by atoms with Crippen molar-refractivity contribution >= 4 is 0 Å². The number of ether oxygens (including phenoxy) is 2. The molecular formula is C20H26N2O2. The van der Waals surface area contributed by atoms with E-state index in [1.807, 2.05) is 24.3 Å². The molecule has 24 heavy (non-hydrogen) atoms. The molecule has 2 atom stereocenters. The quantitative estimate of drug-likeness (QED) is 0.886. The molecule has 3 rings (SSSR count). The second-order valence-corrected chi connectivity index (χ2v) is 6.59. The molecule has 0 radical (unpaired) electrons. The SMILES string of the molecule is COc1ccc(CN2CC(C)C(N)C2)cc1OCc1ccccc1. The van der Waals surface area contributed by atoms with E-state index in [0.29, 0.717) is 12.5 Å². The zero-order valence-corrected chi connectivity index (χ0v) is 14.4. The molecule has 1 aliphatic rings. The van der Waals surface area contributed by atoms with Crippen LogP contribution >= 0.6 is 0 Å². The van der Waals surface area contributed by atoms with Crippen LogP contribution in [-0.2, 0) is 13.2 Å². The van der Waals surface area contributed by atoms with Crippen LogP contribution in [0.5, 0.6) is 11.5 Å². The first-order chi connectivity index (χ1) is 11.7. The summed E-state index contributed by atoms with van der Waals surface area (Å²) in [6.07, 6.45) is 0. The molecule has 2 N–H and O–H groups in total. The summed E-state index contributed by atoms with van der Waals surface area (Å²) in [6, 6.07) is 16.6. The molecule has 1 fully saturated rings. The van der Waals surface area contributed by atoms with Crippen molar-refractivity contribution in [3.8, 4) is 11.5 Å². The van der Waals surface area contributed by atoms with Gasteiger partial charge in [0.2, 0.25) is 0 Å². The Morgan fingerprint density at radius 2 is 1.83 bits per heavy atom. The summed E-state index contributed by atoms with van der Waals surface area (Å²) in [5.41, 5.74) is 8.49. The van der Waals surface area contributed by atoms with Gasteiger partial charge >= 0.3 is 0 Å². The lowest BCUT2D eigenvalue weighted by molar-refractivity contribution is 0.282. The Hall–Kier alpha value is -2.04. The average molecular weight is 326 g/mol. The number of methoxy groups -OCH3 is 1. The lowest BCUT2D eigenvalue weighted by atomic mass is 10.1. The van der Waals surface area contributed by atoms with Crippen LogP contribution < -0.4 is 15.2 Å². The molecule has 128 valence electrons. The van der Waals surface area contributed by atoms with Gasteiger partial charge in [0.15, 0.2) is 11.5 Å². The zero-order valence-electron chi connectivity index (χ0n) is 14.4. The molecule has 1 aliphatic heterocycles. The van der Waals surface area contributed by atoms with Gasteiger partial charge in [-0.3, -0.25) is 4.90 Å². The fraction of sp³-hybridized carbons (Fsp3) is 0.400. The van der Waals surface area contributed by atoms with Gasteiger partial charge in [0.1, 0.15) is 6.61 Å². The van der Waals surface area contributed by atoms with E-state index in [1.165, 1.54) is 5.56 Å². The number of rotatable bonds is 6. The molecular weight excluding hydrogens is 300 g/mol. The van der Waals surface area contributed by atoms with Crippen molar-refractivity contribution in [3.05, 3.63) is 59.7 Å². The summed E-state index contributed by atoms with van der Waals surface area (Å²) in [5, 5.41) is 0. The Balaban J connectivity index is 1.68. The molecule has 0 amide bonds. The van der Waals surface area contributed by atoms with E-state index in [2.05, 4.69) is 36.1 Å². The predicted octanol–water partition coefficient (Wildman–Crippen LogP) is 3.05. The summed E-state index contributed by atoms with van der Waals surface area (Å²) in [7, 11) is 1.67. The van der Waals surface area contributed by atoms with Crippen molar-refractivity contribution in [1.82, 2.24) is 4.90 Å². The molecule has 0 bridgehead atoms. The van der Waals surface area contributed by atoms with E-state index in [1.54, 1.807) is 7.11 Å². The molecule has 0 aliphatic carbocycles. The average Bonchev–Trinajstić information content (AvgIpc) is 2.91. The van der Waals surface area contributed by atoms with Crippen LogP contribution in [0.1, 0.15) is 18.1 Å². The summed E-state index contributed by atoms with van der Waals surface area (Å²) in [6.45, 7) is 5.64. The summed E-state index contributed by atoms with van der Waals surface area (Å²) >= 11 is 0. The van der Waals surface area contributed by atoms with Crippen LogP contribution in [0.4, 0.5) is 0 Å². The minimum Gasteiger partial charge on any atom is -0.493 e. The first-order valence-corrected chi connectivity index (χ1v) is 8.47. The third kappa shape index (κ3) is 4.08. The smallest absolute Gasteiger partial charge is 0.161 e. The molecule has 1 heterocycles. The Kier molecular flexibility index (Phi) is 5.38. The van der Waals surface area contributed by atoms with Gasteiger partial charge in [0, 0.05) is 25.7 Å². The van der Waals surface area contributed by atoms with Gasteiger partial charge in [-0.25, -0.2) is 0 Å². The van der Waals surface area contributed by atoms with Crippen LogP contribution in [0.3, 0.4) is 0 Å². The molecule has 0 saturated carbocycles. The van der Waals surface area contributed by atoms with Crippen molar-refractivity contribution in [2.75, 3.05) is 20.2 Å². The van der Waals surface area contributed by atoms with E-state index in [0.717, 1.165) is 36.7 Å². The fourth-order valence-corrected chi connectivity index (χ4v) is 3.15. The largest absolute Gasteiger partial charge is 0.493 e. The first kappa shape index (κ1) is 16.8. The second-order valence-electron chi connectivity index (χ2n) is 6.59. The number of hydrogen-bond acceptors (Lipinski definition) is 4. The Morgan fingerprint density at radius 1 is 1.04 bits per heavy atom. The second kappa shape index (κ2) is 7.69. The highest BCUT2D eigenvalue weighted by Crippen LogP contribution is 2.30. The van der Waals surface area contributed by atoms with Gasteiger partial charge in [0.25, 0.3) is 0 Å². The van der Waals surface area contributed by atoms with Crippen molar-refractivity contribution < 1.29 is 9.47 Å². The third-order valence-corrected chi connectivity index (χ3v) is 4.62. The van der Waals surface area contributed by atoms with Crippen LogP contribution in [0, 0.1) is 5.92 Å². The number of hydrogen-bond donors (Lipinski definition) is 1. The first-order valence-electron chi connectivity index (χ1n) is 8.47. The number of benzene rings is 2. The zero-order chi connectivity index (χ0) is 16.9. The molecule has 1 saturated heterocycles. The number of nitrogens with two attached hydrogens (primary N) is 1. The number of nitrogens with zero attached hydrogens (tertiary/aromatic N) is 1. The molecule has 2 unspecified atom stereocenters. The minimum absolute atomic E-state index is 0.275.